The second kappa shape index (κ2) is 7.27. The molecule has 0 saturated carbocycles. The van der Waals surface area contributed by atoms with E-state index in [1.165, 1.54) is 13.2 Å². The zero-order chi connectivity index (χ0) is 17.7. The number of nitrogens with zero attached hydrogens (tertiary/aromatic N) is 2. The molecule has 1 aromatic carbocycles. The number of methoxy groups -OCH3 is 1. The Bertz CT molecular complexity index is 844. The van der Waals surface area contributed by atoms with Crippen LogP contribution in [-0.4, -0.2) is 33.7 Å². The van der Waals surface area contributed by atoms with Crippen LogP contribution in [-0.2, 0) is 0 Å². The number of rotatable bonds is 6. The number of H-pyrrole nitrogens is 1. The average molecular weight is 333 g/mol. The molecule has 24 heavy (non-hydrogen) atoms. The van der Waals surface area contributed by atoms with Crippen molar-refractivity contribution in [3.63, 3.8) is 0 Å². The minimum atomic E-state index is -1.03. The van der Waals surface area contributed by atoms with E-state index < -0.39 is 22.0 Å². The van der Waals surface area contributed by atoms with E-state index in [2.05, 4.69) is 9.97 Å². The normalized spacial score (nSPS) is 10.8. The third-order valence-corrected chi connectivity index (χ3v) is 3.00. The number of ether oxygens (including phenoxy) is 2. The van der Waals surface area contributed by atoms with Gasteiger partial charge in [-0.2, -0.15) is 4.98 Å². The van der Waals surface area contributed by atoms with E-state index in [0.717, 1.165) is 5.56 Å². The van der Waals surface area contributed by atoms with E-state index in [4.69, 9.17) is 9.47 Å². The number of aromatic amines is 1. The number of hydrogen-bond acceptors (Lipinski definition) is 7. The molecule has 0 bridgehead atoms. The van der Waals surface area contributed by atoms with Crippen molar-refractivity contribution in [2.45, 2.75) is 6.92 Å². The average Bonchev–Trinajstić information content (AvgIpc) is 2.53. The highest BCUT2D eigenvalue weighted by Gasteiger charge is 2.21. The molecule has 0 radical (unpaired) electrons. The smallest absolute Gasteiger partial charge is 0.395 e. The fourth-order valence-electron chi connectivity index (χ4n) is 1.95. The first-order chi connectivity index (χ1) is 11.5. The van der Waals surface area contributed by atoms with Gasteiger partial charge in [-0.15, -0.1) is 0 Å². The molecule has 0 saturated heterocycles. The summed E-state index contributed by atoms with van der Waals surface area (Å²) in [5, 5.41) is 20.1. The van der Waals surface area contributed by atoms with E-state index in [1.807, 2.05) is 6.92 Å². The van der Waals surface area contributed by atoms with Gasteiger partial charge in [0, 0.05) is 0 Å². The Balaban J connectivity index is 2.31. The summed E-state index contributed by atoms with van der Waals surface area (Å²) in [7, 11) is 1.51. The first-order valence-electron chi connectivity index (χ1n) is 6.92. The van der Waals surface area contributed by atoms with Crippen LogP contribution in [0.5, 0.6) is 17.4 Å². The summed E-state index contributed by atoms with van der Waals surface area (Å²) in [4.78, 5) is 27.0. The first-order valence-corrected chi connectivity index (χ1v) is 6.92. The Morgan fingerprint density at radius 1 is 1.38 bits per heavy atom. The quantitative estimate of drug-likeness (QED) is 0.611. The summed E-state index contributed by atoms with van der Waals surface area (Å²) >= 11 is 0. The Labute approximate surface area is 136 Å². The maximum atomic E-state index is 11.6. The van der Waals surface area contributed by atoms with Gasteiger partial charge in [-0.1, -0.05) is 12.1 Å². The molecule has 0 atom stereocenters. The van der Waals surface area contributed by atoms with Crippen molar-refractivity contribution in [2.24, 2.45) is 0 Å². The molecule has 1 heterocycles. The fourth-order valence-corrected chi connectivity index (χ4v) is 1.95. The summed E-state index contributed by atoms with van der Waals surface area (Å²) in [5.41, 5.74) is -1.30. The van der Waals surface area contributed by atoms with Gasteiger partial charge >= 0.3 is 11.2 Å². The van der Waals surface area contributed by atoms with Crippen molar-refractivity contribution >= 4 is 17.8 Å². The molecule has 0 aliphatic heterocycles. The van der Waals surface area contributed by atoms with Crippen LogP contribution in [0.3, 0.4) is 0 Å². The highest BCUT2D eigenvalue weighted by atomic mass is 16.6. The van der Waals surface area contributed by atoms with E-state index in [1.54, 1.807) is 24.3 Å². The van der Waals surface area contributed by atoms with Crippen LogP contribution in [0.15, 0.2) is 23.0 Å². The third kappa shape index (κ3) is 3.69. The number of aromatic nitrogens is 2. The Morgan fingerprint density at radius 2 is 2.12 bits per heavy atom. The van der Waals surface area contributed by atoms with Crippen molar-refractivity contribution < 1.29 is 19.5 Å². The second-order valence-electron chi connectivity index (χ2n) is 4.56. The molecule has 0 fully saturated rings. The number of hydrogen-bond donors (Lipinski definition) is 2. The van der Waals surface area contributed by atoms with Gasteiger partial charge in [0.25, 0.3) is 5.88 Å². The van der Waals surface area contributed by atoms with Gasteiger partial charge in [0.15, 0.2) is 11.5 Å². The number of nitro groups is 1. The fraction of sp³-hybridized carbons (Fsp3) is 0.200. The van der Waals surface area contributed by atoms with Crippen LogP contribution < -0.4 is 15.0 Å². The van der Waals surface area contributed by atoms with Crippen LogP contribution in [0.2, 0.25) is 0 Å². The molecule has 126 valence electrons. The molecule has 0 amide bonds. The van der Waals surface area contributed by atoms with Gasteiger partial charge in [0.05, 0.1) is 18.6 Å². The van der Waals surface area contributed by atoms with E-state index in [9.17, 15) is 20.0 Å². The molecule has 0 unspecified atom stereocenters. The topological polar surface area (TPSA) is 128 Å². The molecule has 2 N–H and O–H groups in total. The van der Waals surface area contributed by atoms with Crippen LogP contribution in [0.25, 0.3) is 12.2 Å². The van der Waals surface area contributed by atoms with Gasteiger partial charge in [0.2, 0.25) is 0 Å². The molecule has 0 aliphatic carbocycles. The van der Waals surface area contributed by atoms with Crippen LogP contribution in [0.1, 0.15) is 18.3 Å². The SMILES string of the molecule is CCOc1ccc(/C=C/c2nc(O)c([N+](=O)[O-])c(=O)[nH]2)cc1OC. The minimum absolute atomic E-state index is 0.0176. The molecule has 2 rings (SSSR count). The summed E-state index contributed by atoms with van der Waals surface area (Å²) in [6, 6.07) is 5.20. The molecule has 9 nitrogen and oxygen atoms in total. The highest BCUT2D eigenvalue weighted by Crippen LogP contribution is 2.28. The summed E-state index contributed by atoms with van der Waals surface area (Å²) < 4.78 is 10.6. The molecule has 0 spiro atoms. The van der Waals surface area contributed by atoms with Crippen molar-refractivity contribution in [1.82, 2.24) is 9.97 Å². The molecular formula is C15H15N3O6. The lowest BCUT2D eigenvalue weighted by Crippen LogP contribution is -2.14. The van der Waals surface area contributed by atoms with Gasteiger partial charge in [0.1, 0.15) is 5.82 Å². The molecule has 9 heteroatoms. The Hall–Kier alpha value is -3.36. The second-order valence-corrected chi connectivity index (χ2v) is 4.56. The number of aromatic hydroxyl groups is 1. The lowest BCUT2D eigenvalue weighted by Gasteiger charge is -2.09. The van der Waals surface area contributed by atoms with Crippen molar-refractivity contribution in [3.05, 3.63) is 50.1 Å². The predicted octanol–water partition coefficient (Wildman–Crippen LogP) is 1.96. The van der Waals surface area contributed by atoms with Gasteiger partial charge in [-0.05, 0) is 30.7 Å². The monoisotopic (exact) mass is 333 g/mol. The molecule has 0 aliphatic rings. The third-order valence-electron chi connectivity index (χ3n) is 3.00. The maximum Gasteiger partial charge on any atom is 0.395 e. The zero-order valence-corrected chi connectivity index (χ0v) is 13.0. The highest BCUT2D eigenvalue weighted by molar-refractivity contribution is 5.68. The Kier molecular flexibility index (Phi) is 5.15. The minimum Gasteiger partial charge on any atom is -0.493 e. The number of nitrogens with one attached hydrogen (secondary N) is 1. The zero-order valence-electron chi connectivity index (χ0n) is 13.0. The first kappa shape index (κ1) is 17.0. The van der Waals surface area contributed by atoms with Crippen LogP contribution in [0.4, 0.5) is 5.69 Å². The van der Waals surface area contributed by atoms with Crippen molar-refractivity contribution in [2.75, 3.05) is 13.7 Å². The van der Waals surface area contributed by atoms with Gasteiger partial charge in [-0.3, -0.25) is 14.9 Å². The van der Waals surface area contributed by atoms with E-state index in [-0.39, 0.29) is 5.82 Å². The van der Waals surface area contributed by atoms with Crippen molar-refractivity contribution in [3.8, 4) is 17.4 Å². The summed E-state index contributed by atoms with van der Waals surface area (Å²) in [6.45, 7) is 2.36. The Morgan fingerprint density at radius 3 is 2.71 bits per heavy atom. The van der Waals surface area contributed by atoms with Gasteiger partial charge < -0.3 is 19.6 Å². The predicted molar refractivity (Wildman–Crippen MR) is 86.3 cm³/mol. The van der Waals surface area contributed by atoms with Gasteiger partial charge in [-0.25, -0.2) is 0 Å². The van der Waals surface area contributed by atoms with E-state index >= 15 is 0 Å². The van der Waals surface area contributed by atoms with Crippen LogP contribution >= 0.6 is 0 Å². The standard InChI is InChI=1S/C15H15N3O6/c1-3-24-10-6-4-9(8-11(10)23-2)5-7-12-16-14(19)13(18(21)22)15(20)17-12/h4-8H,3H2,1-2H3,(H2,16,17,19,20)/b7-5+. The maximum absolute atomic E-state index is 11.6. The molecule has 2 aromatic rings. The van der Waals surface area contributed by atoms with Crippen LogP contribution in [0, 0.1) is 10.1 Å². The lowest BCUT2D eigenvalue weighted by molar-refractivity contribution is -0.387. The van der Waals surface area contributed by atoms with E-state index in [0.29, 0.717) is 18.1 Å². The molecular weight excluding hydrogens is 318 g/mol. The lowest BCUT2D eigenvalue weighted by atomic mass is 10.2. The summed E-state index contributed by atoms with van der Waals surface area (Å²) in [6.07, 6.45) is 3.00. The summed E-state index contributed by atoms with van der Waals surface area (Å²) in [5.74, 6) is 0.173. The largest absolute Gasteiger partial charge is 0.493 e. The number of benzene rings is 1. The van der Waals surface area contributed by atoms with Crippen molar-refractivity contribution in [1.29, 1.82) is 0 Å². The molecule has 1 aromatic heterocycles.